The number of fused-ring (bicyclic) bond motifs is 1. The molecular formula is C20H21F3N2O3. The third-order valence-electron chi connectivity index (χ3n) is 7.03. The first-order chi connectivity index (χ1) is 13.1. The average molecular weight is 394 g/mol. The van der Waals surface area contributed by atoms with Gasteiger partial charge in [0.2, 0.25) is 5.91 Å². The monoisotopic (exact) mass is 394 g/mol. The number of nitrogens with one attached hydrogen (secondary N) is 1. The van der Waals surface area contributed by atoms with E-state index in [4.69, 9.17) is 4.74 Å². The van der Waals surface area contributed by atoms with Crippen LogP contribution in [0, 0.1) is 18.8 Å². The number of amides is 2. The van der Waals surface area contributed by atoms with Crippen LogP contribution in [-0.2, 0) is 21.1 Å². The number of carbonyl (C=O) groups is 2. The Labute approximate surface area is 160 Å². The van der Waals surface area contributed by atoms with Crippen molar-refractivity contribution in [2.45, 2.75) is 43.3 Å². The van der Waals surface area contributed by atoms with E-state index < -0.39 is 17.8 Å². The second kappa shape index (κ2) is 5.42. The van der Waals surface area contributed by atoms with Gasteiger partial charge in [-0.15, -0.1) is 0 Å². The number of carbonyl (C=O) groups excluding carboxylic acids is 2. The lowest BCUT2D eigenvalue weighted by Gasteiger charge is -2.43. The third-order valence-corrected chi connectivity index (χ3v) is 7.03. The zero-order valence-electron chi connectivity index (χ0n) is 15.4. The molecule has 2 unspecified atom stereocenters. The summed E-state index contributed by atoms with van der Waals surface area (Å²) in [7, 11) is 0. The fraction of sp³-hybridized carbons (Fsp3) is 0.600. The summed E-state index contributed by atoms with van der Waals surface area (Å²) < 4.78 is 44.0. The number of hydrogen-bond acceptors (Lipinski definition) is 3. The number of hydrogen-bond donors (Lipinski definition) is 1. The summed E-state index contributed by atoms with van der Waals surface area (Å²) in [6.45, 7) is 3.02. The van der Waals surface area contributed by atoms with Crippen LogP contribution >= 0.6 is 0 Å². The molecule has 2 aliphatic carbocycles. The van der Waals surface area contributed by atoms with Crippen molar-refractivity contribution in [2.24, 2.45) is 11.8 Å². The zero-order valence-corrected chi connectivity index (χ0v) is 15.4. The number of cyclic esters (lactones) is 1. The molecule has 0 aromatic heterocycles. The van der Waals surface area contributed by atoms with E-state index in [1.807, 2.05) is 4.90 Å². The number of halogens is 3. The van der Waals surface area contributed by atoms with Crippen molar-refractivity contribution in [2.75, 3.05) is 19.7 Å². The fourth-order valence-corrected chi connectivity index (χ4v) is 5.42. The number of piperidine rings is 1. The summed E-state index contributed by atoms with van der Waals surface area (Å²) in [6, 6.07) is 4.38. The van der Waals surface area contributed by atoms with Gasteiger partial charge in [-0.2, -0.15) is 13.2 Å². The van der Waals surface area contributed by atoms with Gasteiger partial charge in [0.15, 0.2) is 0 Å². The van der Waals surface area contributed by atoms with E-state index in [2.05, 4.69) is 5.32 Å². The minimum atomic E-state index is -4.35. The average Bonchev–Trinajstić information content (AvgIpc) is 2.95. The lowest BCUT2D eigenvalue weighted by molar-refractivity contribution is -0.140. The van der Waals surface area contributed by atoms with Crippen LogP contribution in [0.2, 0.25) is 0 Å². The van der Waals surface area contributed by atoms with Crippen molar-refractivity contribution < 1.29 is 27.5 Å². The van der Waals surface area contributed by atoms with Crippen LogP contribution in [0.25, 0.3) is 0 Å². The molecule has 5 nitrogen and oxygen atoms in total. The van der Waals surface area contributed by atoms with Gasteiger partial charge in [-0.3, -0.25) is 4.79 Å². The molecule has 150 valence electrons. The Morgan fingerprint density at radius 3 is 2.64 bits per heavy atom. The molecule has 2 atom stereocenters. The highest BCUT2D eigenvalue weighted by molar-refractivity contribution is 5.82. The molecule has 28 heavy (non-hydrogen) atoms. The molecule has 1 aromatic rings. The molecule has 2 amide bonds. The third kappa shape index (κ3) is 2.53. The maximum atomic E-state index is 13.0. The summed E-state index contributed by atoms with van der Waals surface area (Å²) >= 11 is 0. The number of alkyl halides is 3. The van der Waals surface area contributed by atoms with Crippen LogP contribution in [-0.4, -0.2) is 42.1 Å². The first-order valence-corrected chi connectivity index (χ1v) is 9.54. The second-order valence-electron chi connectivity index (χ2n) is 8.89. The second-order valence-corrected chi connectivity index (χ2v) is 8.89. The van der Waals surface area contributed by atoms with Gasteiger partial charge in [0.1, 0.15) is 6.61 Å². The topological polar surface area (TPSA) is 58.6 Å². The Kier molecular flexibility index (Phi) is 3.45. The van der Waals surface area contributed by atoms with Crippen molar-refractivity contribution >= 4 is 12.0 Å². The largest absolute Gasteiger partial charge is 0.447 e. The van der Waals surface area contributed by atoms with Crippen LogP contribution in [0.3, 0.4) is 0 Å². The predicted octanol–water partition coefficient (Wildman–Crippen LogP) is 3.00. The molecule has 0 bridgehead atoms. The van der Waals surface area contributed by atoms with Crippen molar-refractivity contribution in [3.8, 4) is 0 Å². The normalized spacial score (nSPS) is 36.0. The maximum absolute atomic E-state index is 13.0. The minimum absolute atomic E-state index is 0.0852. The van der Waals surface area contributed by atoms with E-state index in [9.17, 15) is 22.8 Å². The Bertz CT molecular complexity index is 878. The van der Waals surface area contributed by atoms with Gasteiger partial charge in [0, 0.05) is 24.4 Å². The van der Waals surface area contributed by atoms with Gasteiger partial charge < -0.3 is 15.0 Å². The van der Waals surface area contributed by atoms with E-state index >= 15 is 0 Å². The molecule has 0 radical (unpaired) electrons. The van der Waals surface area contributed by atoms with Crippen LogP contribution < -0.4 is 5.32 Å². The van der Waals surface area contributed by atoms with Crippen LogP contribution in [0.5, 0.6) is 0 Å². The number of rotatable bonds is 2. The molecule has 2 saturated heterocycles. The minimum Gasteiger partial charge on any atom is -0.447 e. The Morgan fingerprint density at radius 1 is 1.29 bits per heavy atom. The highest BCUT2D eigenvalue weighted by Crippen LogP contribution is 2.60. The Morgan fingerprint density at radius 2 is 2.04 bits per heavy atom. The summed E-state index contributed by atoms with van der Waals surface area (Å²) in [6.07, 6.45) is -2.68. The molecule has 1 aromatic carbocycles. The highest BCUT2D eigenvalue weighted by atomic mass is 19.4. The first kappa shape index (κ1) is 17.8. The Hall–Kier alpha value is -2.25. The van der Waals surface area contributed by atoms with E-state index in [0.717, 1.165) is 18.1 Å². The molecule has 1 N–H and O–H groups in total. The van der Waals surface area contributed by atoms with Gasteiger partial charge in [-0.25, -0.2) is 4.79 Å². The number of nitrogens with zero attached hydrogens (tertiary/aromatic N) is 1. The molecule has 4 aliphatic rings. The van der Waals surface area contributed by atoms with Crippen molar-refractivity contribution in [3.05, 3.63) is 34.9 Å². The number of likely N-dealkylation sites (tertiary alicyclic amines) is 1. The highest BCUT2D eigenvalue weighted by Gasteiger charge is 2.63. The van der Waals surface area contributed by atoms with Gasteiger partial charge in [-0.1, -0.05) is 12.1 Å². The van der Waals surface area contributed by atoms with E-state index in [1.165, 1.54) is 6.92 Å². The number of alkyl carbamates (subject to hydrolysis) is 1. The summed E-state index contributed by atoms with van der Waals surface area (Å²) in [5, 5.41) is 2.79. The molecule has 1 spiro atoms. The summed E-state index contributed by atoms with van der Waals surface area (Å²) in [5.74, 6) is 0.281. The fourth-order valence-electron chi connectivity index (χ4n) is 5.42. The molecule has 8 heteroatoms. The van der Waals surface area contributed by atoms with Crippen molar-refractivity contribution in [3.63, 3.8) is 0 Å². The first-order valence-electron chi connectivity index (χ1n) is 9.54. The van der Waals surface area contributed by atoms with Crippen LogP contribution in [0.4, 0.5) is 18.0 Å². The lowest BCUT2D eigenvalue weighted by atomic mass is 9.68. The number of benzene rings is 1. The molecule has 2 saturated carbocycles. The lowest BCUT2D eigenvalue weighted by Crippen LogP contribution is -2.58. The quantitative estimate of drug-likeness (QED) is 0.839. The van der Waals surface area contributed by atoms with E-state index in [1.54, 1.807) is 12.1 Å². The smallest absolute Gasteiger partial charge is 0.416 e. The SMILES string of the molecule is Cc1cc(C23CC2CN(C(=O)C2CC4(COC(=O)N4)C2)C3)ccc1C(F)(F)F. The van der Waals surface area contributed by atoms with Gasteiger partial charge in [-0.05, 0) is 49.3 Å². The maximum Gasteiger partial charge on any atom is 0.416 e. The molecule has 4 fully saturated rings. The van der Waals surface area contributed by atoms with E-state index in [-0.39, 0.29) is 28.3 Å². The van der Waals surface area contributed by atoms with Gasteiger partial charge in [0.05, 0.1) is 11.1 Å². The summed E-state index contributed by atoms with van der Waals surface area (Å²) in [5.41, 5.74) is -0.0530. The van der Waals surface area contributed by atoms with E-state index in [0.29, 0.717) is 38.5 Å². The van der Waals surface area contributed by atoms with Crippen molar-refractivity contribution in [1.82, 2.24) is 10.2 Å². The standard InChI is InChI=1S/C20H21F3N2O3/c1-11-4-13(2-3-15(11)20(21,22)23)19-7-14(19)8-25(9-19)16(26)12-5-18(6-12)10-28-17(27)24-18/h2-4,12,14H,5-10H2,1H3,(H,24,27). The molecule has 5 rings (SSSR count). The number of ether oxygens (including phenoxy) is 1. The number of aryl methyl sites for hydroxylation is 1. The zero-order chi connectivity index (χ0) is 19.9. The predicted molar refractivity (Wildman–Crippen MR) is 92.5 cm³/mol. The summed E-state index contributed by atoms with van der Waals surface area (Å²) in [4.78, 5) is 26.0. The Balaban J connectivity index is 1.27. The molecular weight excluding hydrogens is 373 g/mol. The molecule has 2 heterocycles. The van der Waals surface area contributed by atoms with Crippen LogP contribution in [0.15, 0.2) is 18.2 Å². The van der Waals surface area contributed by atoms with Crippen molar-refractivity contribution in [1.29, 1.82) is 0 Å². The van der Waals surface area contributed by atoms with Gasteiger partial charge in [0.25, 0.3) is 0 Å². The molecule has 2 aliphatic heterocycles. The van der Waals surface area contributed by atoms with Crippen LogP contribution in [0.1, 0.15) is 36.0 Å². The van der Waals surface area contributed by atoms with Gasteiger partial charge >= 0.3 is 12.3 Å².